The largest absolute Gasteiger partial charge is 0.385 e. The molecule has 120 valence electrons. The Bertz CT molecular complexity index is 513. The van der Waals surface area contributed by atoms with Gasteiger partial charge in [0.1, 0.15) is 6.10 Å². The monoisotopic (exact) mass is 339 g/mol. The van der Waals surface area contributed by atoms with Crippen LogP contribution in [0.4, 0.5) is 0 Å². The Kier molecular flexibility index (Phi) is 5.33. The number of benzene rings is 1. The van der Waals surface area contributed by atoms with Crippen molar-refractivity contribution in [3.63, 3.8) is 0 Å². The maximum atomic E-state index is 12.3. The van der Waals surface area contributed by atoms with Gasteiger partial charge in [-0.2, -0.15) is 23.5 Å². The van der Waals surface area contributed by atoms with E-state index in [0.717, 1.165) is 18.6 Å². The fourth-order valence-corrected chi connectivity index (χ4v) is 6.40. The summed E-state index contributed by atoms with van der Waals surface area (Å²) in [5, 5.41) is 24.3. The molecule has 4 nitrogen and oxygen atoms in total. The zero-order chi connectivity index (χ0) is 15.5. The molecule has 6 heteroatoms. The van der Waals surface area contributed by atoms with Gasteiger partial charge in [0.05, 0.1) is 0 Å². The van der Waals surface area contributed by atoms with Crippen LogP contribution in [0.2, 0.25) is 0 Å². The highest BCUT2D eigenvalue weighted by Gasteiger charge is 2.40. The molecule has 1 aromatic carbocycles. The zero-order valence-electron chi connectivity index (χ0n) is 12.2. The smallest absolute Gasteiger partial charge is 0.252 e. The molecule has 1 saturated heterocycles. The Balaban J connectivity index is 1.59. The Morgan fingerprint density at radius 3 is 2.64 bits per heavy atom. The summed E-state index contributed by atoms with van der Waals surface area (Å²) in [7, 11) is 0. The number of hydrogen-bond donors (Lipinski definition) is 3. The molecule has 5 unspecified atom stereocenters. The highest BCUT2D eigenvalue weighted by atomic mass is 32.2. The molecule has 1 saturated carbocycles. The van der Waals surface area contributed by atoms with Crippen molar-refractivity contribution in [3.05, 3.63) is 35.9 Å². The molecular formula is C16H21NO3S2. The molecule has 2 fully saturated rings. The zero-order valence-corrected chi connectivity index (χ0v) is 13.9. The standard InChI is InChI=1S/C16H21NO3S2/c18-13(10-4-2-1-3-5-10)14(19)16(20)17-11-6-7-12-15(11)22-9-8-21-12/h1-5,11-15,18-19H,6-9H2,(H,17,20). The molecular weight excluding hydrogens is 318 g/mol. The minimum Gasteiger partial charge on any atom is -0.385 e. The SMILES string of the molecule is O=C(NC1CCC2SCCSC12)C(O)C(O)c1ccccc1. The van der Waals surface area contributed by atoms with Gasteiger partial charge >= 0.3 is 0 Å². The highest BCUT2D eigenvalue weighted by Crippen LogP contribution is 2.42. The van der Waals surface area contributed by atoms with Crippen molar-refractivity contribution in [1.29, 1.82) is 0 Å². The predicted molar refractivity (Wildman–Crippen MR) is 91.1 cm³/mol. The summed E-state index contributed by atoms with van der Waals surface area (Å²) in [4.78, 5) is 12.3. The van der Waals surface area contributed by atoms with E-state index in [2.05, 4.69) is 5.32 Å². The average molecular weight is 339 g/mol. The summed E-state index contributed by atoms with van der Waals surface area (Å²) in [6.45, 7) is 0. The van der Waals surface area contributed by atoms with Crippen LogP contribution in [-0.4, -0.2) is 50.3 Å². The van der Waals surface area contributed by atoms with Crippen molar-refractivity contribution in [2.45, 2.75) is 41.6 Å². The van der Waals surface area contributed by atoms with Crippen molar-refractivity contribution in [1.82, 2.24) is 5.32 Å². The third kappa shape index (κ3) is 3.45. The van der Waals surface area contributed by atoms with E-state index in [-0.39, 0.29) is 6.04 Å². The molecule has 22 heavy (non-hydrogen) atoms. The van der Waals surface area contributed by atoms with Crippen molar-refractivity contribution in [2.75, 3.05) is 11.5 Å². The number of carbonyl (C=O) groups is 1. The molecule has 0 radical (unpaired) electrons. The van der Waals surface area contributed by atoms with Crippen LogP contribution in [0.1, 0.15) is 24.5 Å². The number of aliphatic hydroxyl groups is 2. The molecule has 3 rings (SSSR count). The van der Waals surface area contributed by atoms with E-state index < -0.39 is 18.1 Å². The molecule has 1 aromatic rings. The Labute approximate surface area is 139 Å². The molecule has 0 bridgehead atoms. The van der Waals surface area contributed by atoms with Gasteiger partial charge in [-0.1, -0.05) is 30.3 Å². The second kappa shape index (κ2) is 7.25. The predicted octanol–water partition coefficient (Wildman–Crippen LogP) is 1.58. The summed E-state index contributed by atoms with van der Waals surface area (Å²) >= 11 is 3.91. The number of hydrogen-bond acceptors (Lipinski definition) is 5. The Morgan fingerprint density at radius 1 is 1.14 bits per heavy atom. The van der Waals surface area contributed by atoms with Crippen LogP contribution in [0.5, 0.6) is 0 Å². The van der Waals surface area contributed by atoms with Crippen LogP contribution in [0.15, 0.2) is 30.3 Å². The summed E-state index contributed by atoms with van der Waals surface area (Å²) in [5.41, 5.74) is 0.553. The average Bonchev–Trinajstić information content (AvgIpc) is 2.97. The lowest BCUT2D eigenvalue weighted by molar-refractivity contribution is -0.136. The summed E-state index contributed by atoms with van der Waals surface area (Å²) in [6, 6.07) is 8.91. The van der Waals surface area contributed by atoms with E-state index in [1.165, 1.54) is 5.75 Å². The maximum absolute atomic E-state index is 12.3. The highest BCUT2D eigenvalue weighted by molar-refractivity contribution is 8.07. The van der Waals surface area contributed by atoms with Crippen LogP contribution in [0, 0.1) is 0 Å². The molecule has 1 aliphatic heterocycles. The number of carbonyl (C=O) groups excluding carboxylic acids is 1. The first kappa shape index (κ1) is 16.2. The normalized spacial score (nSPS) is 30.4. The Morgan fingerprint density at radius 2 is 1.86 bits per heavy atom. The number of nitrogens with one attached hydrogen (secondary N) is 1. The van der Waals surface area contributed by atoms with Gasteiger partial charge in [0.15, 0.2) is 6.10 Å². The van der Waals surface area contributed by atoms with E-state index in [0.29, 0.717) is 16.1 Å². The molecule has 1 heterocycles. The lowest BCUT2D eigenvalue weighted by Crippen LogP contribution is -2.47. The van der Waals surface area contributed by atoms with Gasteiger partial charge in [0.25, 0.3) is 5.91 Å². The third-order valence-corrected chi connectivity index (χ3v) is 7.60. The topological polar surface area (TPSA) is 69.6 Å². The number of fused-ring (bicyclic) bond motifs is 1. The second-order valence-electron chi connectivity index (χ2n) is 5.74. The number of amides is 1. The van der Waals surface area contributed by atoms with Gasteiger partial charge in [-0.25, -0.2) is 0 Å². The van der Waals surface area contributed by atoms with Gasteiger partial charge in [-0.3, -0.25) is 4.79 Å². The molecule has 0 aromatic heterocycles. The van der Waals surface area contributed by atoms with Gasteiger partial charge in [0, 0.05) is 28.0 Å². The molecule has 1 amide bonds. The van der Waals surface area contributed by atoms with Crippen molar-refractivity contribution in [3.8, 4) is 0 Å². The van der Waals surface area contributed by atoms with Gasteiger partial charge in [-0.15, -0.1) is 0 Å². The lowest BCUT2D eigenvalue weighted by atomic mass is 10.0. The summed E-state index contributed by atoms with van der Waals surface area (Å²) in [6.07, 6.45) is -0.547. The number of thioether (sulfide) groups is 2. The first-order valence-electron chi connectivity index (χ1n) is 7.61. The number of rotatable bonds is 4. The number of aliphatic hydroxyl groups excluding tert-OH is 2. The van der Waals surface area contributed by atoms with Gasteiger partial charge < -0.3 is 15.5 Å². The van der Waals surface area contributed by atoms with E-state index in [1.54, 1.807) is 24.3 Å². The molecule has 0 spiro atoms. The second-order valence-corrected chi connectivity index (χ2v) is 8.37. The molecule has 5 atom stereocenters. The van der Waals surface area contributed by atoms with E-state index in [4.69, 9.17) is 0 Å². The fourth-order valence-electron chi connectivity index (χ4n) is 3.12. The lowest BCUT2D eigenvalue weighted by Gasteiger charge is -2.29. The fraction of sp³-hybridized carbons (Fsp3) is 0.562. The van der Waals surface area contributed by atoms with Crippen LogP contribution in [-0.2, 0) is 4.79 Å². The van der Waals surface area contributed by atoms with Crippen molar-refractivity contribution in [2.24, 2.45) is 0 Å². The Hall–Kier alpha value is -0.690. The minimum atomic E-state index is -1.43. The van der Waals surface area contributed by atoms with Crippen LogP contribution >= 0.6 is 23.5 Å². The van der Waals surface area contributed by atoms with Crippen LogP contribution in [0.25, 0.3) is 0 Å². The first-order chi connectivity index (χ1) is 10.7. The third-order valence-electron chi connectivity index (χ3n) is 4.29. The van der Waals surface area contributed by atoms with Crippen LogP contribution in [0.3, 0.4) is 0 Å². The summed E-state index contributed by atoms with van der Waals surface area (Å²) < 4.78 is 0. The molecule has 1 aliphatic carbocycles. The molecule has 3 N–H and O–H groups in total. The minimum absolute atomic E-state index is 0.105. The molecule has 2 aliphatic rings. The van der Waals surface area contributed by atoms with E-state index >= 15 is 0 Å². The quantitative estimate of drug-likeness (QED) is 0.777. The van der Waals surface area contributed by atoms with E-state index in [9.17, 15) is 15.0 Å². The summed E-state index contributed by atoms with van der Waals surface area (Å²) in [5.74, 6) is 1.83. The van der Waals surface area contributed by atoms with Gasteiger partial charge in [-0.05, 0) is 18.4 Å². The van der Waals surface area contributed by atoms with E-state index in [1.807, 2.05) is 29.6 Å². The van der Waals surface area contributed by atoms with Crippen LogP contribution < -0.4 is 5.32 Å². The maximum Gasteiger partial charge on any atom is 0.252 e. The first-order valence-corrected chi connectivity index (χ1v) is 9.71. The van der Waals surface area contributed by atoms with Crippen molar-refractivity contribution < 1.29 is 15.0 Å². The van der Waals surface area contributed by atoms with Crippen molar-refractivity contribution >= 4 is 29.4 Å². The van der Waals surface area contributed by atoms with Gasteiger partial charge in [0.2, 0.25) is 0 Å².